The van der Waals surface area contributed by atoms with E-state index in [9.17, 15) is 18.0 Å². The third-order valence-corrected chi connectivity index (χ3v) is 4.84. The molecule has 110 valence electrons. The first-order chi connectivity index (χ1) is 8.76. The van der Waals surface area contributed by atoms with Crippen LogP contribution in [0.3, 0.4) is 0 Å². The summed E-state index contributed by atoms with van der Waals surface area (Å²) in [6, 6.07) is -0.959. The number of carbonyl (C=O) groups is 2. The van der Waals surface area contributed by atoms with Gasteiger partial charge in [0.05, 0.1) is 11.5 Å². The van der Waals surface area contributed by atoms with Crippen LogP contribution in [0.5, 0.6) is 0 Å². The van der Waals surface area contributed by atoms with Crippen molar-refractivity contribution in [2.24, 2.45) is 0 Å². The molecule has 0 spiro atoms. The number of aliphatic carboxylic acids is 1. The SMILES string of the molecule is CCCN(C)C(=O)N(CC(=O)O)C1CCS(=O)(=O)C1. The Kier molecular flexibility index (Phi) is 5.16. The molecule has 1 N–H and O–H groups in total. The molecule has 0 radical (unpaired) electrons. The fourth-order valence-electron chi connectivity index (χ4n) is 2.17. The van der Waals surface area contributed by atoms with Crippen LogP contribution in [-0.2, 0) is 14.6 Å². The third-order valence-electron chi connectivity index (χ3n) is 3.09. The van der Waals surface area contributed by atoms with Crippen LogP contribution >= 0.6 is 0 Å². The van der Waals surface area contributed by atoms with E-state index in [1.165, 1.54) is 4.90 Å². The Morgan fingerprint density at radius 1 is 1.37 bits per heavy atom. The first-order valence-corrected chi connectivity index (χ1v) is 8.03. The van der Waals surface area contributed by atoms with Gasteiger partial charge in [0.15, 0.2) is 9.84 Å². The summed E-state index contributed by atoms with van der Waals surface area (Å²) in [5.74, 6) is -1.27. The number of hydrogen-bond acceptors (Lipinski definition) is 4. The van der Waals surface area contributed by atoms with Crippen molar-refractivity contribution in [2.45, 2.75) is 25.8 Å². The molecule has 1 atom stereocenters. The summed E-state index contributed by atoms with van der Waals surface area (Å²) in [4.78, 5) is 25.6. The second-order valence-electron chi connectivity index (χ2n) is 4.78. The Bertz CT molecular complexity index is 448. The number of nitrogens with zero attached hydrogens (tertiary/aromatic N) is 2. The van der Waals surface area contributed by atoms with E-state index in [0.29, 0.717) is 13.0 Å². The number of carboxylic acids is 1. The lowest BCUT2D eigenvalue weighted by Crippen LogP contribution is -2.49. The topological polar surface area (TPSA) is 95.0 Å². The molecule has 0 aliphatic carbocycles. The van der Waals surface area contributed by atoms with Crippen LogP contribution in [0.1, 0.15) is 19.8 Å². The van der Waals surface area contributed by atoms with Crippen molar-refractivity contribution in [3.63, 3.8) is 0 Å². The summed E-state index contributed by atoms with van der Waals surface area (Å²) < 4.78 is 22.9. The zero-order valence-electron chi connectivity index (χ0n) is 11.2. The predicted molar refractivity (Wildman–Crippen MR) is 69.7 cm³/mol. The highest BCUT2D eigenvalue weighted by molar-refractivity contribution is 7.91. The maximum absolute atomic E-state index is 12.2. The molecule has 0 aromatic rings. The van der Waals surface area contributed by atoms with E-state index < -0.39 is 34.4 Å². The summed E-state index contributed by atoms with van der Waals surface area (Å²) >= 11 is 0. The number of carbonyl (C=O) groups excluding carboxylic acids is 1. The molecule has 1 unspecified atom stereocenters. The lowest BCUT2D eigenvalue weighted by Gasteiger charge is -2.30. The molecule has 0 aromatic heterocycles. The number of carboxylic acid groups (broad SMARTS) is 1. The van der Waals surface area contributed by atoms with Gasteiger partial charge in [0.2, 0.25) is 0 Å². The van der Waals surface area contributed by atoms with Crippen LogP contribution < -0.4 is 0 Å². The molecule has 1 aliphatic heterocycles. The van der Waals surface area contributed by atoms with Gasteiger partial charge in [0.25, 0.3) is 0 Å². The van der Waals surface area contributed by atoms with Crippen molar-refractivity contribution >= 4 is 21.8 Å². The fraction of sp³-hybridized carbons (Fsp3) is 0.818. The van der Waals surface area contributed by atoms with Gasteiger partial charge in [-0.1, -0.05) is 6.92 Å². The summed E-state index contributed by atoms with van der Waals surface area (Å²) in [5.41, 5.74) is 0. The van der Waals surface area contributed by atoms with E-state index >= 15 is 0 Å². The minimum atomic E-state index is -3.15. The monoisotopic (exact) mass is 292 g/mol. The van der Waals surface area contributed by atoms with Gasteiger partial charge in [-0.05, 0) is 12.8 Å². The molecule has 19 heavy (non-hydrogen) atoms. The highest BCUT2D eigenvalue weighted by Gasteiger charge is 2.36. The molecule has 2 amide bonds. The van der Waals surface area contributed by atoms with Gasteiger partial charge in [-0.15, -0.1) is 0 Å². The average Bonchev–Trinajstić information content (AvgIpc) is 2.65. The van der Waals surface area contributed by atoms with Gasteiger partial charge >= 0.3 is 12.0 Å². The van der Waals surface area contributed by atoms with E-state index in [1.807, 2.05) is 6.92 Å². The first-order valence-electron chi connectivity index (χ1n) is 6.20. The largest absolute Gasteiger partial charge is 0.480 e. The van der Waals surface area contributed by atoms with Crippen molar-refractivity contribution in [2.75, 3.05) is 31.6 Å². The lowest BCUT2D eigenvalue weighted by atomic mass is 10.2. The van der Waals surface area contributed by atoms with Crippen LogP contribution in [0.15, 0.2) is 0 Å². The van der Waals surface area contributed by atoms with Gasteiger partial charge in [-0.25, -0.2) is 13.2 Å². The molecule has 0 aromatic carbocycles. The van der Waals surface area contributed by atoms with Gasteiger partial charge in [0, 0.05) is 19.6 Å². The third kappa shape index (κ3) is 4.38. The van der Waals surface area contributed by atoms with E-state index in [0.717, 1.165) is 11.3 Å². The summed E-state index contributed by atoms with van der Waals surface area (Å²) in [6.07, 6.45) is 1.06. The molecule has 0 bridgehead atoms. The van der Waals surface area contributed by atoms with Crippen LogP contribution in [0.25, 0.3) is 0 Å². The molecule has 1 aliphatic rings. The highest BCUT2D eigenvalue weighted by atomic mass is 32.2. The molecule has 1 rings (SSSR count). The Morgan fingerprint density at radius 3 is 2.42 bits per heavy atom. The summed E-state index contributed by atoms with van der Waals surface area (Å²) in [6.45, 7) is 1.95. The first kappa shape index (κ1) is 15.7. The maximum atomic E-state index is 12.2. The van der Waals surface area contributed by atoms with Gasteiger partial charge in [0.1, 0.15) is 6.54 Å². The maximum Gasteiger partial charge on any atom is 0.323 e. The zero-order chi connectivity index (χ0) is 14.6. The Labute approximate surface area is 113 Å². The minimum Gasteiger partial charge on any atom is -0.480 e. The van der Waals surface area contributed by atoms with Crippen molar-refractivity contribution in [1.82, 2.24) is 9.80 Å². The van der Waals surface area contributed by atoms with E-state index in [1.54, 1.807) is 7.05 Å². The Hall–Kier alpha value is -1.31. The molecule has 1 saturated heterocycles. The van der Waals surface area contributed by atoms with Crippen LogP contribution in [-0.4, -0.2) is 73.0 Å². The number of hydrogen-bond donors (Lipinski definition) is 1. The smallest absolute Gasteiger partial charge is 0.323 e. The Morgan fingerprint density at radius 2 is 2.00 bits per heavy atom. The highest BCUT2D eigenvalue weighted by Crippen LogP contribution is 2.19. The van der Waals surface area contributed by atoms with Crippen molar-refractivity contribution in [3.8, 4) is 0 Å². The molecule has 8 heteroatoms. The summed E-state index contributed by atoms with van der Waals surface area (Å²) in [7, 11) is -1.57. The van der Waals surface area contributed by atoms with Crippen LogP contribution in [0, 0.1) is 0 Å². The second-order valence-corrected chi connectivity index (χ2v) is 7.01. The number of rotatable bonds is 5. The van der Waals surface area contributed by atoms with Crippen LogP contribution in [0.4, 0.5) is 4.79 Å². The van der Waals surface area contributed by atoms with E-state index in [4.69, 9.17) is 5.11 Å². The van der Waals surface area contributed by atoms with Crippen molar-refractivity contribution in [1.29, 1.82) is 0 Å². The fourth-order valence-corrected chi connectivity index (χ4v) is 3.90. The Balaban J connectivity index is 2.83. The predicted octanol–water partition coefficient (Wildman–Crippen LogP) is 0.0219. The second kappa shape index (κ2) is 6.23. The lowest BCUT2D eigenvalue weighted by molar-refractivity contribution is -0.138. The minimum absolute atomic E-state index is 0.0125. The molecule has 1 heterocycles. The average molecular weight is 292 g/mol. The van der Waals surface area contributed by atoms with Gasteiger partial charge in [-0.2, -0.15) is 0 Å². The quantitative estimate of drug-likeness (QED) is 0.771. The van der Waals surface area contributed by atoms with E-state index in [-0.39, 0.29) is 11.5 Å². The molecule has 0 saturated carbocycles. The van der Waals surface area contributed by atoms with Crippen molar-refractivity contribution in [3.05, 3.63) is 0 Å². The standard InChI is InChI=1S/C11H20N2O5S/c1-3-5-12(2)11(16)13(7-10(14)15)9-4-6-19(17,18)8-9/h9H,3-8H2,1-2H3,(H,14,15). The molecule has 7 nitrogen and oxygen atoms in total. The number of sulfone groups is 1. The molecular formula is C11H20N2O5S. The van der Waals surface area contributed by atoms with Crippen LogP contribution in [0.2, 0.25) is 0 Å². The van der Waals surface area contributed by atoms with E-state index in [2.05, 4.69) is 0 Å². The number of urea groups is 1. The summed E-state index contributed by atoms with van der Waals surface area (Å²) in [5, 5.41) is 8.87. The number of amides is 2. The van der Waals surface area contributed by atoms with Gasteiger partial charge < -0.3 is 14.9 Å². The normalized spacial score (nSPS) is 21.1. The zero-order valence-corrected chi connectivity index (χ0v) is 12.0. The molecule has 1 fully saturated rings. The molecular weight excluding hydrogens is 272 g/mol. The van der Waals surface area contributed by atoms with Gasteiger partial charge in [-0.3, -0.25) is 4.79 Å². The van der Waals surface area contributed by atoms with Crippen molar-refractivity contribution < 1.29 is 23.1 Å².